The van der Waals surface area contributed by atoms with E-state index in [2.05, 4.69) is 23.2 Å². The fourth-order valence-electron chi connectivity index (χ4n) is 2.22. The van der Waals surface area contributed by atoms with Crippen molar-refractivity contribution in [3.8, 4) is 6.07 Å². The zero-order chi connectivity index (χ0) is 10.3. The van der Waals surface area contributed by atoms with Crippen molar-refractivity contribution in [2.45, 2.75) is 12.8 Å². The van der Waals surface area contributed by atoms with Gasteiger partial charge >= 0.3 is 0 Å². The van der Waals surface area contributed by atoms with Gasteiger partial charge in [0.15, 0.2) is 0 Å². The first-order valence-electron chi connectivity index (χ1n) is 5.14. The number of fused-ring (bicyclic) bond motifs is 2. The summed E-state index contributed by atoms with van der Waals surface area (Å²) in [4.78, 5) is 4.60. The Morgan fingerprint density at radius 1 is 1.27 bits per heavy atom. The van der Waals surface area contributed by atoms with Gasteiger partial charge in [0.05, 0.1) is 17.5 Å². The third kappa shape index (κ3) is 1.28. The van der Waals surface area contributed by atoms with Crippen LogP contribution in [0.3, 0.4) is 0 Å². The minimum absolute atomic E-state index is 0.129. The highest BCUT2D eigenvalue weighted by molar-refractivity contribution is 5.79. The van der Waals surface area contributed by atoms with E-state index in [0.717, 1.165) is 24.1 Å². The number of rotatable bonds is 0. The third-order valence-electron chi connectivity index (χ3n) is 2.98. The van der Waals surface area contributed by atoms with E-state index in [1.807, 2.05) is 18.2 Å². The predicted molar refractivity (Wildman–Crippen MR) is 58.3 cm³/mol. The quantitative estimate of drug-likeness (QED) is 0.646. The van der Waals surface area contributed by atoms with Crippen LogP contribution in [0.1, 0.15) is 11.3 Å². The van der Waals surface area contributed by atoms with Gasteiger partial charge < -0.3 is 0 Å². The van der Waals surface area contributed by atoms with Gasteiger partial charge in [-0.2, -0.15) is 5.26 Å². The fraction of sp³-hybridized carbons (Fsp3) is 0.231. The minimum atomic E-state index is 0.129. The molecule has 2 heteroatoms. The van der Waals surface area contributed by atoms with Crippen LogP contribution < -0.4 is 0 Å². The highest BCUT2D eigenvalue weighted by Gasteiger charge is 2.22. The Kier molecular flexibility index (Phi) is 1.72. The second kappa shape index (κ2) is 3.06. The molecule has 15 heavy (non-hydrogen) atoms. The zero-order valence-corrected chi connectivity index (χ0v) is 8.27. The zero-order valence-electron chi connectivity index (χ0n) is 8.27. The monoisotopic (exact) mass is 194 g/mol. The van der Waals surface area contributed by atoms with Crippen molar-refractivity contribution in [1.82, 2.24) is 4.98 Å². The van der Waals surface area contributed by atoms with Crippen LogP contribution in [-0.2, 0) is 12.8 Å². The average Bonchev–Trinajstić information content (AvgIpc) is 2.67. The third-order valence-corrected chi connectivity index (χ3v) is 2.98. The maximum absolute atomic E-state index is 8.90. The molecule has 0 saturated heterocycles. The summed E-state index contributed by atoms with van der Waals surface area (Å²) in [6.45, 7) is 0. The molecule has 0 fully saturated rings. The Balaban J connectivity index is 2.19. The smallest absolute Gasteiger partial charge is 0.0705 e. The molecular formula is C13H10N2. The van der Waals surface area contributed by atoms with Gasteiger partial charge in [-0.1, -0.05) is 18.2 Å². The molecule has 0 aliphatic heterocycles. The van der Waals surface area contributed by atoms with Crippen LogP contribution in [0, 0.1) is 17.2 Å². The summed E-state index contributed by atoms with van der Waals surface area (Å²) in [6, 6.07) is 12.6. The van der Waals surface area contributed by atoms with Gasteiger partial charge in [0, 0.05) is 17.5 Å². The lowest BCUT2D eigenvalue weighted by atomic mass is 10.1. The van der Waals surface area contributed by atoms with Gasteiger partial charge in [-0.3, -0.25) is 4.98 Å². The van der Waals surface area contributed by atoms with Gasteiger partial charge in [-0.25, -0.2) is 0 Å². The first-order valence-corrected chi connectivity index (χ1v) is 5.14. The van der Waals surface area contributed by atoms with Crippen LogP contribution in [0.15, 0.2) is 30.3 Å². The minimum Gasteiger partial charge on any atom is -0.253 e. The fourth-order valence-corrected chi connectivity index (χ4v) is 2.22. The molecule has 3 rings (SSSR count). The Hall–Kier alpha value is -1.88. The molecule has 0 N–H and O–H groups in total. The van der Waals surface area contributed by atoms with Crippen LogP contribution in [-0.4, -0.2) is 4.98 Å². The van der Waals surface area contributed by atoms with E-state index in [1.54, 1.807) is 0 Å². The molecule has 1 aliphatic carbocycles. The second-order valence-corrected chi connectivity index (χ2v) is 4.02. The molecule has 1 atom stereocenters. The molecule has 0 bridgehead atoms. The maximum atomic E-state index is 8.90. The molecule has 72 valence electrons. The molecule has 0 saturated carbocycles. The van der Waals surface area contributed by atoms with Gasteiger partial charge in [0.25, 0.3) is 0 Å². The summed E-state index contributed by atoms with van der Waals surface area (Å²) in [7, 11) is 0. The molecule has 1 unspecified atom stereocenters. The molecule has 0 radical (unpaired) electrons. The lowest BCUT2D eigenvalue weighted by Crippen LogP contribution is -1.93. The number of aromatic nitrogens is 1. The van der Waals surface area contributed by atoms with E-state index in [-0.39, 0.29) is 5.92 Å². The molecule has 1 aromatic heterocycles. The number of hydrogen-bond acceptors (Lipinski definition) is 2. The Labute approximate surface area is 88.2 Å². The SMILES string of the molecule is N#CC1Cc2cc3ccccc3nc2C1. The molecular weight excluding hydrogens is 184 g/mol. The second-order valence-electron chi connectivity index (χ2n) is 4.02. The van der Waals surface area contributed by atoms with Crippen molar-refractivity contribution in [2.24, 2.45) is 5.92 Å². The summed E-state index contributed by atoms with van der Waals surface area (Å²) in [5.74, 6) is 0.129. The van der Waals surface area contributed by atoms with Gasteiger partial charge in [-0.15, -0.1) is 0 Å². The van der Waals surface area contributed by atoms with E-state index in [1.165, 1.54) is 10.9 Å². The van der Waals surface area contributed by atoms with Crippen molar-refractivity contribution in [2.75, 3.05) is 0 Å². The Bertz CT molecular complexity index is 522. The van der Waals surface area contributed by atoms with Gasteiger partial charge in [-0.05, 0) is 24.1 Å². The van der Waals surface area contributed by atoms with Gasteiger partial charge in [0.2, 0.25) is 0 Å². The first-order chi connectivity index (χ1) is 7.36. The van der Waals surface area contributed by atoms with Crippen LogP contribution in [0.25, 0.3) is 10.9 Å². The molecule has 0 amide bonds. The van der Waals surface area contributed by atoms with Crippen LogP contribution in [0.4, 0.5) is 0 Å². The highest BCUT2D eigenvalue weighted by atomic mass is 14.7. The standard InChI is InChI=1S/C13H10N2/c14-8-9-5-11-7-10-3-1-2-4-12(10)15-13(11)6-9/h1-4,7,9H,5-6H2. The summed E-state index contributed by atoms with van der Waals surface area (Å²) in [6.07, 6.45) is 1.68. The normalized spacial score (nSPS) is 18.7. The van der Waals surface area contributed by atoms with Crippen molar-refractivity contribution >= 4 is 10.9 Å². The highest BCUT2D eigenvalue weighted by Crippen LogP contribution is 2.27. The Morgan fingerprint density at radius 2 is 2.13 bits per heavy atom. The summed E-state index contributed by atoms with van der Waals surface area (Å²) in [5.41, 5.74) is 3.40. The number of nitrogens with zero attached hydrogens (tertiary/aromatic N) is 2. The molecule has 0 spiro atoms. The molecule has 1 aliphatic rings. The van der Waals surface area contributed by atoms with Crippen molar-refractivity contribution < 1.29 is 0 Å². The van der Waals surface area contributed by atoms with E-state index in [0.29, 0.717) is 0 Å². The van der Waals surface area contributed by atoms with Crippen LogP contribution in [0.5, 0.6) is 0 Å². The van der Waals surface area contributed by atoms with Crippen LogP contribution >= 0.6 is 0 Å². The van der Waals surface area contributed by atoms with Crippen molar-refractivity contribution in [3.63, 3.8) is 0 Å². The lowest BCUT2D eigenvalue weighted by molar-refractivity contribution is 0.715. The number of para-hydroxylation sites is 1. The lowest BCUT2D eigenvalue weighted by Gasteiger charge is -2.01. The van der Waals surface area contributed by atoms with Crippen molar-refractivity contribution in [1.29, 1.82) is 5.26 Å². The van der Waals surface area contributed by atoms with Crippen molar-refractivity contribution in [3.05, 3.63) is 41.6 Å². The number of nitriles is 1. The number of benzene rings is 1. The van der Waals surface area contributed by atoms with E-state index >= 15 is 0 Å². The van der Waals surface area contributed by atoms with E-state index in [4.69, 9.17) is 5.26 Å². The van der Waals surface area contributed by atoms with E-state index in [9.17, 15) is 0 Å². The predicted octanol–water partition coefficient (Wildman–Crippen LogP) is 2.47. The topological polar surface area (TPSA) is 36.7 Å². The first kappa shape index (κ1) is 8.43. The maximum Gasteiger partial charge on any atom is 0.0705 e. The Morgan fingerprint density at radius 3 is 3.00 bits per heavy atom. The number of hydrogen-bond donors (Lipinski definition) is 0. The van der Waals surface area contributed by atoms with Crippen LogP contribution in [0.2, 0.25) is 0 Å². The molecule has 2 aromatic rings. The number of pyridine rings is 1. The summed E-state index contributed by atoms with van der Waals surface area (Å²) >= 11 is 0. The van der Waals surface area contributed by atoms with E-state index < -0.39 is 0 Å². The molecule has 2 nitrogen and oxygen atoms in total. The average molecular weight is 194 g/mol. The molecule has 1 heterocycles. The largest absolute Gasteiger partial charge is 0.253 e. The van der Waals surface area contributed by atoms with Gasteiger partial charge in [0.1, 0.15) is 0 Å². The summed E-state index contributed by atoms with van der Waals surface area (Å²) < 4.78 is 0. The summed E-state index contributed by atoms with van der Waals surface area (Å²) in [5, 5.41) is 10.1. The molecule has 1 aromatic carbocycles.